The average Bonchev–Trinajstić information content (AvgIpc) is 2.43. The van der Waals surface area contributed by atoms with Crippen molar-refractivity contribution in [2.24, 2.45) is 5.84 Å². The van der Waals surface area contributed by atoms with E-state index < -0.39 is 16.6 Å². The molecule has 0 atom stereocenters. The van der Waals surface area contributed by atoms with E-state index in [0.29, 0.717) is 0 Å². The number of non-ortho nitro benzene ring substituents is 1. The Balaban J connectivity index is 2.40. The van der Waals surface area contributed by atoms with Crippen LogP contribution in [0.2, 0.25) is 0 Å². The Morgan fingerprint density at radius 3 is 2.65 bits per heavy atom. The number of nitro benzene ring substituents is 1. The summed E-state index contributed by atoms with van der Waals surface area (Å²) in [6.07, 6.45) is 0. The molecule has 20 heavy (non-hydrogen) atoms. The zero-order chi connectivity index (χ0) is 14.7. The largest absolute Gasteiger partial charge is 0.454 e. The van der Waals surface area contributed by atoms with Crippen molar-refractivity contribution in [2.45, 2.75) is 0 Å². The van der Waals surface area contributed by atoms with Gasteiger partial charge in [0.1, 0.15) is 5.75 Å². The molecule has 0 amide bonds. The summed E-state index contributed by atoms with van der Waals surface area (Å²) in [6, 6.07) is 6.96. The fourth-order valence-electron chi connectivity index (χ4n) is 1.52. The first kappa shape index (κ1) is 13.7. The van der Waals surface area contributed by atoms with Crippen LogP contribution in [0.4, 0.5) is 20.2 Å². The summed E-state index contributed by atoms with van der Waals surface area (Å²) in [5.74, 6) is 2.49. The molecule has 0 unspecified atom stereocenters. The second-order valence-corrected chi connectivity index (χ2v) is 3.77. The molecule has 0 aromatic heterocycles. The zero-order valence-corrected chi connectivity index (χ0v) is 9.97. The highest BCUT2D eigenvalue weighted by Gasteiger charge is 2.14. The number of benzene rings is 2. The summed E-state index contributed by atoms with van der Waals surface area (Å²) in [6.45, 7) is 0. The van der Waals surface area contributed by atoms with Crippen molar-refractivity contribution < 1.29 is 18.4 Å². The van der Waals surface area contributed by atoms with Crippen molar-refractivity contribution in [3.63, 3.8) is 0 Å². The van der Waals surface area contributed by atoms with Gasteiger partial charge in [0.25, 0.3) is 5.69 Å². The summed E-state index contributed by atoms with van der Waals surface area (Å²) in [5.41, 5.74) is 2.12. The fourth-order valence-corrected chi connectivity index (χ4v) is 1.52. The molecule has 2 aromatic rings. The Hall–Kier alpha value is -2.74. The fraction of sp³-hybridized carbons (Fsp3) is 0. The molecule has 6 nitrogen and oxygen atoms in total. The van der Waals surface area contributed by atoms with Gasteiger partial charge in [-0.2, -0.15) is 4.39 Å². The summed E-state index contributed by atoms with van der Waals surface area (Å²) < 4.78 is 31.6. The number of hydrazine groups is 1. The normalized spacial score (nSPS) is 10.2. The molecule has 2 rings (SSSR count). The number of nitrogen functional groups attached to an aromatic ring is 1. The maximum atomic E-state index is 13.5. The van der Waals surface area contributed by atoms with E-state index in [4.69, 9.17) is 10.6 Å². The van der Waals surface area contributed by atoms with Crippen LogP contribution in [0, 0.1) is 21.7 Å². The molecule has 0 radical (unpaired) electrons. The van der Waals surface area contributed by atoms with Crippen LogP contribution in [0.5, 0.6) is 11.5 Å². The molecule has 0 aliphatic carbocycles. The first-order valence-electron chi connectivity index (χ1n) is 5.39. The van der Waals surface area contributed by atoms with Crippen molar-refractivity contribution in [2.75, 3.05) is 5.43 Å². The predicted octanol–water partition coefficient (Wildman–Crippen LogP) is 2.95. The molecular weight excluding hydrogens is 272 g/mol. The summed E-state index contributed by atoms with van der Waals surface area (Å²) in [5, 5.41) is 10.7. The molecule has 0 heterocycles. The highest BCUT2D eigenvalue weighted by molar-refractivity contribution is 5.56. The van der Waals surface area contributed by atoms with E-state index in [0.717, 1.165) is 12.1 Å². The summed E-state index contributed by atoms with van der Waals surface area (Å²) >= 11 is 0. The quantitative estimate of drug-likeness (QED) is 0.511. The second kappa shape index (κ2) is 5.49. The smallest absolute Gasteiger partial charge is 0.275 e. The van der Waals surface area contributed by atoms with Gasteiger partial charge >= 0.3 is 0 Å². The molecule has 2 aromatic carbocycles. The molecule has 104 valence electrons. The minimum Gasteiger partial charge on any atom is -0.454 e. The zero-order valence-electron chi connectivity index (χ0n) is 9.97. The molecular formula is C12H9F2N3O3. The van der Waals surface area contributed by atoms with E-state index in [1.807, 2.05) is 0 Å². The third-order valence-electron chi connectivity index (χ3n) is 2.41. The van der Waals surface area contributed by atoms with Crippen molar-refractivity contribution in [3.8, 4) is 11.5 Å². The Kier molecular flexibility index (Phi) is 3.76. The van der Waals surface area contributed by atoms with E-state index in [1.165, 1.54) is 24.3 Å². The Morgan fingerprint density at radius 1 is 1.25 bits per heavy atom. The van der Waals surface area contributed by atoms with Crippen LogP contribution in [-0.4, -0.2) is 4.92 Å². The van der Waals surface area contributed by atoms with Crippen LogP contribution < -0.4 is 16.0 Å². The summed E-state index contributed by atoms with van der Waals surface area (Å²) in [4.78, 5) is 10.1. The van der Waals surface area contributed by atoms with Gasteiger partial charge in [-0.1, -0.05) is 6.07 Å². The molecule has 3 N–H and O–H groups in total. The number of halogens is 2. The van der Waals surface area contributed by atoms with E-state index >= 15 is 0 Å². The molecule has 0 spiro atoms. The van der Waals surface area contributed by atoms with Crippen LogP contribution in [0.15, 0.2) is 36.4 Å². The van der Waals surface area contributed by atoms with Gasteiger partial charge in [0.15, 0.2) is 11.6 Å². The van der Waals surface area contributed by atoms with Gasteiger partial charge in [0.2, 0.25) is 5.82 Å². The number of hydrogen-bond acceptors (Lipinski definition) is 5. The van der Waals surface area contributed by atoms with Gasteiger partial charge in [-0.05, 0) is 12.1 Å². The molecule has 0 saturated carbocycles. The van der Waals surface area contributed by atoms with Gasteiger partial charge in [-0.3, -0.25) is 16.0 Å². The average molecular weight is 281 g/mol. The molecule has 0 fully saturated rings. The summed E-state index contributed by atoms with van der Waals surface area (Å²) in [7, 11) is 0. The van der Waals surface area contributed by atoms with Gasteiger partial charge in [-0.15, -0.1) is 0 Å². The molecule has 0 bridgehead atoms. The van der Waals surface area contributed by atoms with Crippen molar-refractivity contribution >= 4 is 11.4 Å². The number of rotatable bonds is 4. The minimum atomic E-state index is -1.18. The SMILES string of the molecule is NNc1cc(Oc2cccc(F)c2F)cc([N+](=O)[O-])c1. The van der Waals surface area contributed by atoms with Crippen molar-refractivity contribution in [3.05, 3.63) is 58.1 Å². The molecule has 0 saturated heterocycles. The number of nitrogens with two attached hydrogens (primary N) is 1. The lowest BCUT2D eigenvalue weighted by Gasteiger charge is -2.08. The molecule has 0 aliphatic heterocycles. The Morgan fingerprint density at radius 2 is 2.00 bits per heavy atom. The van der Waals surface area contributed by atoms with Gasteiger partial charge < -0.3 is 10.2 Å². The van der Waals surface area contributed by atoms with E-state index in [-0.39, 0.29) is 22.9 Å². The van der Waals surface area contributed by atoms with Crippen molar-refractivity contribution in [1.82, 2.24) is 0 Å². The first-order chi connectivity index (χ1) is 9.51. The number of nitrogens with zero attached hydrogens (tertiary/aromatic N) is 1. The Bertz CT molecular complexity index is 664. The first-order valence-corrected chi connectivity index (χ1v) is 5.39. The van der Waals surface area contributed by atoms with Crippen LogP contribution >= 0.6 is 0 Å². The van der Waals surface area contributed by atoms with Crippen LogP contribution in [0.1, 0.15) is 0 Å². The monoisotopic (exact) mass is 281 g/mol. The van der Waals surface area contributed by atoms with E-state index in [2.05, 4.69) is 5.43 Å². The van der Waals surface area contributed by atoms with Crippen LogP contribution in [0.25, 0.3) is 0 Å². The van der Waals surface area contributed by atoms with Crippen molar-refractivity contribution in [1.29, 1.82) is 0 Å². The van der Waals surface area contributed by atoms with Crippen LogP contribution in [0.3, 0.4) is 0 Å². The van der Waals surface area contributed by atoms with Crippen LogP contribution in [-0.2, 0) is 0 Å². The maximum absolute atomic E-state index is 13.5. The lowest BCUT2D eigenvalue weighted by atomic mass is 10.2. The lowest BCUT2D eigenvalue weighted by Crippen LogP contribution is -2.07. The number of anilines is 1. The minimum absolute atomic E-state index is 0.0448. The van der Waals surface area contributed by atoms with Gasteiger partial charge in [0.05, 0.1) is 16.7 Å². The third kappa shape index (κ3) is 2.81. The molecule has 8 heteroatoms. The lowest BCUT2D eigenvalue weighted by molar-refractivity contribution is -0.384. The predicted molar refractivity (Wildman–Crippen MR) is 67.3 cm³/mol. The van der Waals surface area contributed by atoms with E-state index in [1.54, 1.807) is 0 Å². The second-order valence-electron chi connectivity index (χ2n) is 3.77. The molecule has 0 aliphatic rings. The topological polar surface area (TPSA) is 90.4 Å². The highest BCUT2D eigenvalue weighted by atomic mass is 19.2. The number of hydrogen-bond donors (Lipinski definition) is 2. The standard InChI is InChI=1S/C12H9F2N3O3/c13-10-2-1-3-11(12(10)14)20-9-5-7(16-15)4-8(6-9)17(18)19/h1-6,16H,15H2. The third-order valence-corrected chi connectivity index (χ3v) is 2.41. The Labute approximate surface area is 111 Å². The van der Waals surface area contributed by atoms with Gasteiger partial charge in [0, 0.05) is 12.1 Å². The van der Waals surface area contributed by atoms with E-state index in [9.17, 15) is 18.9 Å². The van der Waals surface area contributed by atoms with Gasteiger partial charge in [-0.25, -0.2) is 4.39 Å². The maximum Gasteiger partial charge on any atom is 0.275 e. The number of ether oxygens (including phenoxy) is 1. The number of nitro groups is 1. The highest BCUT2D eigenvalue weighted by Crippen LogP contribution is 2.31. The number of nitrogens with one attached hydrogen (secondary N) is 1.